The summed E-state index contributed by atoms with van der Waals surface area (Å²) in [6, 6.07) is 24.6. The SMILES string of the molecule is COC(=O)c1ccc(COc2ccccc2C=Cc2nc3sc(C)c(-c4ccccc4)c3c(=O)[nH]2)cc1. The van der Waals surface area contributed by atoms with E-state index in [0.29, 0.717) is 34.0 Å². The zero-order valence-electron chi connectivity index (χ0n) is 20.4. The number of rotatable bonds is 7. The molecule has 3 aromatic carbocycles. The van der Waals surface area contributed by atoms with Gasteiger partial charge < -0.3 is 14.5 Å². The summed E-state index contributed by atoms with van der Waals surface area (Å²) in [5, 5.41) is 0.618. The Hall–Kier alpha value is -4.49. The van der Waals surface area contributed by atoms with Crippen LogP contribution in [-0.2, 0) is 11.3 Å². The molecule has 37 heavy (non-hydrogen) atoms. The van der Waals surface area contributed by atoms with Gasteiger partial charge in [-0.05, 0) is 48.4 Å². The number of fused-ring (bicyclic) bond motifs is 1. The topological polar surface area (TPSA) is 81.3 Å². The molecule has 5 rings (SSSR count). The number of H-pyrrole nitrogens is 1. The lowest BCUT2D eigenvalue weighted by molar-refractivity contribution is 0.0600. The van der Waals surface area contributed by atoms with Gasteiger partial charge in [0, 0.05) is 16.0 Å². The summed E-state index contributed by atoms with van der Waals surface area (Å²) in [5.74, 6) is 0.797. The van der Waals surface area contributed by atoms with Gasteiger partial charge in [0.1, 0.15) is 23.0 Å². The Kier molecular flexibility index (Phi) is 6.96. The molecule has 2 aromatic heterocycles. The van der Waals surface area contributed by atoms with E-state index in [1.807, 2.05) is 79.7 Å². The van der Waals surface area contributed by atoms with E-state index in [1.54, 1.807) is 18.2 Å². The summed E-state index contributed by atoms with van der Waals surface area (Å²) in [6.45, 7) is 2.35. The number of para-hydroxylation sites is 1. The Bertz CT molecular complexity index is 1650. The van der Waals surface area contributed by atoms with Crippen molar-refractivity contribution in [2.45, 2.75) is 13.5 Å². The number of ether oxygens (including phenoxy) is 2. The Morgan fingerprint density at radius 3 is 2.46 bits per heavy atom. The predicted molar refractivity (Wildman–Crippen MR) is 148 cm³/mol. The fourth-order valence-electron chi connectivity index (χ4n) is 4.10. The molecule has 0 saturated heterocycles. The highest BCUT2D eigenvalue weighted by molar-refractivity contribution is 7.19. The van der Waals surface area contributed by atoms with Crippen LogP contribution >= 0.6 is 11.3 Å². The van der Waals surface area contributed by atoms with Crippen LogP contribution in [0.4, 0.5) is 0 Å². The number of methoxy groups -OCH3 is 1. The molecule has 5 aromatic rings. The number of carbonyl (C=O) groups excluding carboxylic acids is 1. The highest BCUT2D eigenvalue weighted by Gasteiger charge is 2.16. The molecule has 0 amide bonds. The zero-order chi connectivity index (χ0) is 25.8. The van der Waals surface area contributed by atoms with E-state index in [-0.39, 0.29) is 11.5 Å². The van der Waals surface area contributed by atoms with Crippen molar-refractivity contribution in [1.82, 2.24) is 9.97 Å². The van der Waals surface area contributed by atoms with Gasteiger partial charge in [0.2, 0.25) is 0 Å². The van der Waals surface area contributed by atoms with Gasteiger partial charge in [-0.15, -0.1) is 11.3 Å². The van der Waals surface area contributed by atoms with Gasteiger partial charge in [-0.1, -0.05) is 60.7 Å². The number of nitrogens with one attached hydrogen (secondary N) is 1. The monoisotopic (exact) mass is 508 g/mol. The molecule has 0 saturated carbocycles. The van der Waals surface area contributed by atoms with Gasteiger partial charge in [0.25, 0.3) is 5.56 Å². The molecule has 0 unspecified atom stereocenters. The summed E-state index contributed by atoms with van der Waals surface area (Å²) < 4.78 is 10.8. The lowest BCUT2D eigenvalue weighted by Crippen LogP contribution is -2.09. The molecule has 0 fully saturated rings. The molecule has 7 heteroatoms. The van der Waals surface area contributed by atoms with Gasteiger partial charge in [-0.2, -0.15) is 0 Å². The first-order chi connectivity index (χ1) is 18.0. The van der Waals surface area contributed by atoms with Gasteiger partial charge in [-0.3, -0.25) is 4.79 Å². The van der Waals surface area contributed by atoms with Crippen LogP contribution < -0.4 is 10.3 Å². The summed E-state index contributed by atoms with van der Waals surface area (Å²) in [4.78, 5) is 34.1. The molecule has 0 aliphatic heterocycles. The van der Waals surface area contributed by atoms with Crippen molar-refractivity contribution >= 4 is 39.7 Å². The summed E-state index contributed by atoms with van der Waals surface area (Å²) in [6.07, 6.45) is 3.66. The van der Waals surface area contributed by atoms with E-state index in [0.717, 1.165) is 27.1 Å². The second-order valence-electron chi connectivity index (χ2n) is 8.38. The number of aryl methyl sites for hydroxylation is 1. The fraction of sp³-hybridized carbons (Fsp3) is 0.100. The smallest absolute Gasteiger partial charge is 0.337 e. The lowest BCUT2D eigenvalue weighted by Gasteiger charge is -2.09. The first kappa shape index (κ1) is 24.2. The van der Waals surface area contributed by atoms with E-state index >= 15 is 0 Å². The number of nitrogens with zero attached hydrogens (tertiary/aromatic N) is 1. The quantitative estimate of drug-likeness (QED) is 0.254. The van der Waals surface area contributed by atoms with Crippen LogP contribution in [0.2, 0.25) is 0 Å². The number of carbonyl (C=O) groups is 1. The van der Waals surface area contributed by atoms with Crippen molar-refractivity contribution in [2.75, 3.05) is 7.11 Å². The third-order valence-electron chi connectivity index (χ3n) is 5.93. The van der Waals surface area contributed by atoms with Gasteiger partial charge in [0.15, 0.2) is 0 Å². The van der Waals surface area contributed by atoms with Crippen LogP contribution in [0.5, 0.6) is 5.75 Å². The molecule has 0 radical (unpaired) electrons. The number of benzene rings is 3. The molecule has 0 aliphatic carbocycles. The third-order valence-corrected chi connectivity index (χ3v) is 6.93. The average molecular weight is 509 g/mol. The molecular weight excluding hydrogens is 484 g/mol. The number of thiophene rings is 1. The molecule has 0 bridgehead atoms. The zero-order valence-corrected chi connectivity index (χ0v) is 21.2. The van der Waals surface area contributed by atoms with Crippen molar-refractivity contribution in [3.8, 4) is 16.9 Å². The van der Waals surface area contributed by atoms with E-state index in [1.165, 1.54) is 18.4 Å². The number of esters is 1. The van der Waals surface area contributed by atoms with Crippen LogP contribution in [0.1, 0.15) is 32.2 Å². The minimum absolute atomic E-state index is 0.159. The van der Waals surface area contributed by atoms with Crippen molar-refractivity contribution in [1.29, 1.82) is 0 Å². The lowest BCUT2D eigenvalue weighted by atomic mass is 10.0. The summed E-state index contributed by atoms with van der Waals surface area (Å²) in [7, 11) is 1.36. The maximum atomic E-state index is 13.1. The number of aromatic amines is 1. The second kappa shape index (κ2) is 10.6. The maximum absolute atomic E-state index is 13.1. The third kappa shape index (κ3) is 5.22. The fourth-order valence-corrected chi connectivity index (χ4v) is 5.15. The molecule has 2 heterocycles. The molecule has 0 atom stereocenters. The van der Waals surface area contributed by atoms with Crippen molar-refractivity contribution < 1.29 is 14.3 Å². The first-order valence-corrected chi connectivity index (χ1v) is 12.5. The minimum atomic E-state index is -0.373. The van der Waals surface area contributed by atoms with E-state index in [9.17, 15) is 9.59 Å². The van der Waals surface area contributed by atoms with Gasteiger partial charge in [0.05, 0.1) is 18.1 Å². The molecule has 0 aliphatic rings. The van der Waals surface area contributed by atoms with E-state index in [2.05, 4.69) is 4.98 Å². The highest BCUT2D eigenvalue weighted by Crippen LogP contribution is 2.35. The Labute approximate surface area is 217 Å². The molecular formula is C30H24N2O4S. The van der Waals surface area contributed by atoms with E-state index < -0.39 is 0 Å². The highest BCUT2D eigenvalue weighted by atomic mass is 32.1. The molecule has 1 N–H and O–H groups in total. The number of aromatic nitrogens is 2. The molecule has 6 nitrogen and oxygen atoms in total. The van der Waals surface area contributed by atoms with Gasteiger partial charge >= 0.3 is 5.97 Å². The van der Waals surface area contributed by atoms with Crippen molar-refractivity contribution in [3.63, 3.8) is 0 Å². The maximum Gasteiger partial charge on any atom is 0.337 e. The summed E-state index contributed by atoms with van der Waals surface area (Å²) in [5.41, 5.74) is 4.04. The largest absolute Gasteiger partial charge is 0.488 e. The van der Waals surface area contributed by atoms with Crippen LogP contribution in [-0.4, -0.2) is 23.0 Å². The molecule has 0 spiro atoms. The van der Waals surface area contributed by atoms with E-state index in [4.69, 9.17) is 14.5 Å². The Morgan fingerprint density at radius 2 is 1.70 bits per heavy atom. The normalized spacial score (nSPS) is 11.2. The molecule has 184 valence electrons. The Morgan fingerprint density at radius 1 is 0.973 bits per heavy atom. The van der Waals surface area contributed by atoms with Crippen LogP contribution in [0.3, 0.4) is 0 Å². The van der Waals surface area contributed by atoms with Crippen LogP contribution in [0.15, 0.2) is 83.7 Å². The number of hydrogen-bond acceptors (Lipinski definition) is 6. The Balaban J connectivity index is 1.37. The standard InChI is InChI=1S/C30H24N2O4S/c1-19-26(22-9-4-3-5-10-22)27-28(33)31-25(32-29(27)37-19)17-16-21-8-6-7-11-24(21)36-18-20-12-14-23(15-13-20)30(34)35-2/h3-17H,18H2,1-2H3,(H,31,32,33). The minimum Gasteiger partial charge on any atom is -0.488 e. The summed E-state index contributed by atoms with van der Waals surface area (Å²) >= 11 is 1.52. The first-order valence-electron chi connectivity index (χ1n) is 11.7. The number of hydrogen-bond donors (Lipinski definition) is 1. The van der Waals surface area contributed by atoms with Crippen LogP contribution in [0, 0.1) is 6.92 Å². The predicted octanol–water partition coefficient (Wildman–Crippen LogP) is 6.50. The average Bonchev–Trinajstić information content (AvgIpc) is 3.27. The van der Waals surface area contributed by atoms with Crippen LogP contribution in [0.25, 0.3) is 33.5 Å². The van der Waals surface area contributed by atoms with Crippen molar-refractivity contribution in [3.05, 3.63) is 117 Å². The van der Waals surface area contributed by atoms with Crippen molar-refractivity contribution in [2.24, 2.45) is 0 Å². The van der Waals surface area contributed by atoms with Gasteiger partial charge in [-0.25, -0.2) is 9.78 Å². The second-order valence-corrected chi connectivity index (χ2v) is 9.58.